The van der Waals surface area contributed by atoms with Gasteiger partial charge in [0.05, 0.1) is 20.1 Å². The van der Waals surface area contributed by atoms with Gasteiger partial charge >= 0.3 is 0 Å². The highest BCUT2D eigenvalue weighted by atomic mass is 16.5. The van der Waals surface area contributed by atoms with Crippen molar-refractivity contribution < 1.29 is 23.9 Å². The number of likely N-dealkylation sites (tertiary alicyclic amines) is 1. The van der Waals surface area contributed by atoms with Crippen LogP contribution in [0.15, 0.2) is 48.5 Å². The summed E-state index contributed by atoms with van der Waals surface area (Å²) in [5, 5.41) is 2.89. The average molecular weight is 437 g/mol. The molecule has 32 heavy (non-hydrogen) atoms. The lowest BCUT2D eigenvalue weighted by Gasteiger charge is -2.26. The number of benzene rings is 2. The summed E-state index contributed by atoms with van der Waals surface area (Å²) < 4.78 is 10.3. The van der Waals surface area contributed by atoms with Crippen LogP contribution in [0.2, 0.25) is 0 Å². The van der Waals surface area contributed by atoms with Gasteiger partial charge in [-0.3, -0.25) is 14.4 Å². The lowest BCUT2D eigenvalue weighted by molar-refractivity contribution is -0.140. The standard InChI is InChI=1S/C24H27N3O5/c1-31-19-9-5-17(6-10-19)25-23(29)21-4-3-13-26(21)24(30)16-14-22(28)27(15-16)18-7-11-20(32-2)12-8-18/h5-12,16,21H,3-4,13-15H2,1-2H3,(H,25,29). The molecule has 2 aliphatic heterocycles. The third kappa shape index (κ3) is 4.39. The summed E-state index contributed by atoms with van der Waals surface area (Å²) in [6.07, 6.45) is 1.51. The summed E-state index contributed by atoms with van der Waals surface area (Å²) in [6, 6.07) is 13.7. The van der Waals surface area contributed by atoms with Gasteiger partial charge in [0.25, 0.3) is 0 Å². The Morgan fingerprint density at radius 3 is 2.22 bits per heavy atom. The Labute approximate surface area is 187 Å². The lowest BCUT2D eigenvalue weighted by atomic mass is 10.1. The van der Waals surface area contributed by atoms with Crippen molar-refractivity contribution in [3.8, 4) is 11.5 Å². The van der Waals surface area contributed by atoms with Crippen LogP contribution in [0.3, 0.4) is 0 Å². The highest BCUT2D eigenvalue weighted by Crippen LogP contribution is 2.30. The van der Waals surface area contributed by atoms with E-state index in [1.165, 1.54) is 0 Å². The molecule has 1 N–H and O–H groups in total. The largest absolute Gasteiger partial charge is 0.497 e. The number of hydrogen-bond acceptors (Lipinski definition) is 5. The summed E-state index contributed by atoms with van der Waals surface area (Å²) >= 11 is 0. The smallest absolute Gasteiger partial charge is 0.247 e. The predicted octanol–water partition coefficient (Wildman–Crippen LogP) is 2.69. The molecular formula is C24H27N3O5. The van der Waals surface area contributed by atoms with Gasteiger partial charge in [-0.15, -0.1) is 0 Å². The Balaban J connectivity index is 1.41. The van der Waals surface area contributed by atoms with E-state index in [1.807, 2.05) is 12.1 Å². The maximum atomic E-state index is 13.3. The third-order valence-electron chi connectivity index (χ3n) is 6.05. The van der Waals surface area contributed by atoms with Gasteiger partial charge in [-0.05, 0) is 61.4 Å². The summed E-state index contributed by atoms with van der Waals surface area (Å²) in [5.41, 5.74) is 1.39. The zero-order valence-electron chi connectivity index (χ0n) is 18.2. The van der Waals surface area contributed by atoms with Crippen LogP contribution in [0, 0.1) is 5.92 Å². The van der Waals surface area contributed by atoms with E-state index in [0.717, 1.165) is 12.1 Å². The summed E-state index contributed by atoms with van der Waals surface area (Å²) in [4.78, 5) is 42.0. The number of ether oxygens (including phenoxy) is 2. The zero-order valence-corrected chi connectivity index (χ0v) is 18.2. The number of carbonyl (C=O) groups is 3. The molecular weight excluding hydrogens is 410 g/mol. The molecule has 3 amide bonds. The van der Waals surface area contributed by atoms with Crippen LogP contribution in [-0.4, -0.2) is 56.0 Å². The first kappa shape index (κ1) is 21.7. The van der Waals surface area contributed by atoms with Crippen molar-refractivity contribution in [1.29, 1.82) is 0 Å². The highest BCUT2D eigenvalue weighted by Gasteiger charge is 2.42. The Kier molecular flexibility index (Phi) is 6.30. The van der Waals surface area contributed by atoms with Crippen LogP contribution in [-0.2, 0) is 14.4 Å². The number of hydrogen-bond donors (Lipinski definition) is 1. The van der Waals surface area contributed by atoms with Crippen LogP contribution >= 0.6 is 0 Å². The van der Waals surface area contributed by atoms with Crippen molar-refractivity contribution in [3.63, 3.8) is 0 Å². The molecule has 2 aliphatic rings. The summed E-state index contributed by atoms with van der Waals surface area (Å²) in [7, 11) is 3.17. The SMILES string of the molecule is COc1ccc(NC(=O)C2CCCN2C(=O)C2CC(=O)N(c3ccc(OC)cc3)C2)cc1. The van der Waals surface area contributed by atoms with E-state index in [0.29, 0.717) is 36.7 Å². The zero-order chi connectivity index (χ0) is 22.7. The Morgan fingerprint density at radius 1 is 0.969 bits per heavy atom. The van der Waals surface area contributed by atoms with E-state index in [1.54, 1.807) is 60.4 Å². The van der Waals surface area contributed by atoms with Gasteiger partial charge in [0.1, 0.15) is 17.5 Å². The number of nitrogens with one attached hydrogen (secondary N) is 1. The van der Waals surface area contributed by atoms with E-state index < -0.39 is 12.0 Å². The molecule has 2 saturated heterocycles. The fraction of sp³-hybridized carbons (Fsp3) is 0.375. The van der Waals surface area contributed by atoms with Gasteiger partial charge in [-0.25, -0.2) is 0 Å². The fourth-order valence-electron chi connectivity index (χ4n) is 4.32. The average Bonchev–Trinajstić information content (AvgIpc) is 3.46. The molecule has 2 fully saturated rings. The first-order valence-corrected chi connectivity index (χ1v) is 10.7. The van der Waals surface area contributed by atoms with Gasteiger partial charge in [-0.1, -0.05) is 0 Å². The van der Waals surface area contributed by atoms with E-state index >= 15 is 0 Å². The molecule has 0 radical (unpaired) electrons. The van der Waals surface area contributed by atoms with Crippen molar-refractivity contribution in [1.82, 2.24) is 4.90 Å². The van der Waals surface area contributed by atoms with Crippen LogP contribution in [0.1, 0.15) is 19.3 Å². The maximum Gasteiger partial charge on any atom is 0.247 e. The molecule has 2 heterocycles. The van der Waals surface area contributed by atoms with Crippen molar-refractivity contribution >= 4 is 29.1 Å². The molecule has 2 aromatic carbocycles. The minimum atomic E-state index is -0.533. The molecule has 0 aliphatic carbocycles. The van der Waals surface area contributed by atoms with Gasteiger partial charge in [0.2, 0.25) is 17.7 Å². The minimum Gasteiger partial charge on any atom is -0.497 e. The maximum absolute atomic E-state index is 13.3. The van der Waals surface area contributed by atoms with E-state index in [-0.39, 0.29) is 24.1 Å². The van der Waals surface area contributed by atoms with Gasteiger partial charge in [0, 0.05) is 30.9 Å². The van der Waals surface area contributed by atoms with Crippen LogP contribution in [0.5, 0.6) is 11.5 Å². The molecule has 168 valence electrons. The topological polar surface area (TPSA) is 88.2 Å². The van der Waals surface area contributed by atoms with Crippen molar-refractivity contribution in [3.05, 3.63) is 48.5 Å². The number of carbonyl (C=O) groups excluding carboxylic acids is 3. The van der Waals surface area contributed by atoms with Crippen molar-refractivity contribution in [2.24, 2.45) is 5.92 Å². The third-order valence-corrected chi connectivity index (χ3v) is 6.05. The Bertz CT molecular complexity index is 990. The lowest BCUT2D eigenvalue weighted by Crippen LogP contribution is -2.46. The number of amides is 3. The van der Waals surface area contributed by atoms with Gasteiger partial charge in [-0.2, -0.15) is 0 Å². The number of methoxy groups -OCH3 is 2. The fourth-order valence-corrected chi connectivity index (χ4v) is 4.32. The predicted molar refractivity (Wildman–Crippen MR) is 120 cm³/mol. The second-order valence-corrected chi connectivity index (χ2v) is 8.01. The second kappa shape index (κ2) is 9.30. The number of rotatable bonds is 6. The Morgan fingerprint density at radius 2 is 1.59 bits per heavy atom. The van der Waals surface area contributed by atoms with Crippen LogP contribution < -0.4 is 19.7 Å². The molecule has 2 aromatic rings. The second-order valence-electron chi connectivity index (χ2n) is 8.01. The van der Waals surface area contributed by atoms with E-state index in [2.05, 4.69) is 5.32 Å². The van der Waals surface area contributed by atoms with Gasteiger partial charge < -0.3 is 24.6 Å². The molecule has 2 unspecified atom stereocenters. The van der Waals surface area contributed by atoms with Crippen molar-refractivity contribution in [2.45, 2.75) is 25.3 Å². The monoisotopic (exact) mass is 437 g/mol. The van der Waals surface area contributed by atoms with E-state index in [9.17, 15) is 14.4 Å². The minimum absolute atomic E-state index is 0.0908. The molecule has 2 atom stereocenters. The van der Waals surface area contributed by atoms with Gasteiger partial charge in [0.15, 0.2) is 0 Å². The first-order chi connectivity index (χ1) is 15.5. The molecule has 0 spiro atoms. The molecule has 8 nitrogen and oxygen atoms in total. The quantitative estimate of drug-likeness (QED) is 0.751. The normalized spacial score (nSPS) is 20.4. The molecule has 0 saturated carbocycles. The van der Waals surface area contributed by atoms with Crippen LogP contribution in [0.4, 0.5) is 11.4 Å². The summed E-state index contributed by atoms with van der Waals surface area (Å²) in [6.45, 7) is 0.833. The highest BCUT2D eigenvalue weighted by molar-refractivity contribution is 6.02. The number of anilines is 2. The first-order valence-electron chi connectivity index (χ1n) is 10.7. The van der Waals surface area contributed by atoms with Crippen LogP contribution in [0.25, 0.3) is 0 Å². The van der Waals surface area contributed by atoms with Crippen molar-refractivity contribution in [2.75, 3.05) is 37.5 Å². The van der Waals surface area contributed by atoms with E-state index in [4.69, 9.17) is 9.47 Å². The Hall–Kier alpha value is -3.55. The molecule has 0 bridgehead atoms. The molecule has 8 heteroatoms. The number of nitrogens with zero attached hydrogens (tertiary/aromatic N) is 2. The molecule has 0 aromatic heterocycles. The molecule has 4 rings (SSSR count). The summed E-state index contributed by atoms with van der Waals surface area (Å²) in [5.74, 6) is 0.508.